The average molecular weight is 325 g/mol. The van der Waals surface area contributed by atoms with E-state index in [9.17, 15) is 9.59 Å². The minimum absolute atomic E-state index is 0.0471. The smallest absolute Gasteiger partial charge is 0.276 e. The number of anilines is 2. The highest BCUT2D eigenvalue weighted by molar-refractivity contribution is 6.04. The molecule has 4 N–H and O–H groups in total. The van der Waals surface area contributed by atoms with E-state index in [2.05, 4.69) is 26.1 Å². The van der Waals surface area contributed by atoms with Crippen LogP contribution in [-0.4, -0.2) is 28.6 Å². The normalized spacial score (nSPS) is 16.3. The highest BCUT2D eigenvalue weighted by Crippen LogP contribution is 2.30. The molecule has 0 bridgehead atoms. The van der Waals surface area contributed by atoms with Crippen molar-refractivity contribution in [2.24, 2.45) is 5.92 Å². The third-order valence-corrected chi connectivity index (χ3v) is 4.36. The summed E-state index contributed by atoms with van der Waals surface area (Å²) < 4.78 is 0. The van der Waals surface area contributed by atoms with Crippen LogP contribution >= 0.6 is 0 Å². The molecule has 0 atom stereocenters. The Hall–Kier alpha value is -2.67. The second-order valence-corrected chi connectivity index (χ2v) is 6.25. The summed E-state index contributed by atoms with van der Waals surface area (Å²) in [5.41, 5.74) is 3.69. The van der Waals surface area contributed by atoms with Crippen molar-refractivity contribution < 1.29 is 9.59 Å². The minimum Gasteiger partial charge on any atom is -0.326 e. The standard InChI is InChI=1S/C17H19N5O2/c23-16(10-4-5-10)19-11-2-1-3-12(8-11)20-17(24)15-13-9-18-7-6-14(13)21-22-15/h1-3,8,10,18H,4-7,9H2,(H,19,23)(H,20,24)(H,21,22). The molecular formula is C17H19N5O2. The maximum Gasteiger partial charge on any atom is 0.276 e. The summed E-state index contributed by atoms with van der Waals surface area (Å²) in [4.78, 5) is 24.3. The number of rotatable bonds is 4. The van der Waals surface area contributed by atoms with Gasteiger partial charge < -0.3 is 16.0 Å². The molecule has 1 aromatic carbocycles. The quantitative estimate of drug-likeness (QED) is 0.687. The lowest BCUT2D eigenvalue weighted by molar-refractivity contribution is -0.117. The molecule has 4 rings (SSSR count). The fourth-order valence-electron chi connectivity index (χ4n) is 2.87. The number of carbonyl (C=O) groups excluding carboxylic acids is 2. The molecule has 1 fully saturated rings. The molecule has 2 amide bonds. The molecule has 7 heteroatoms. The minimum atomic E-state index is -0.248. The molecular weight excluding hydrogens is 306 g/mol. The zero-order valence-electron chi connectivity index (χ0n) is 13.2. The summed E-state index contributed by atoms with van der Waals surface area (Å²) in [6, 6.07) is 7.17. The lowest BCUT2D eigenvalue weighted by atomic mass is 10.1. The number of amides is 2. The van der Waals surface area contributed by atoms with Crippen LogP contribution in [0.5, 0.6) is 0 Å². The summed E-state index contributed by atoms with van der Waals surface area (Å²) in [5.74, 6) is -0.0564. The van der Waals surface area contributed by atoms with E-state index in [0.717, 1.165) is 37.1 Å². The van der Waals surface area contributed by atoms with E-state index in [0.29, 0.717) is 23.6 Å². The van der Waals surface area contributed by atoms with Gasteiger partial charge in [0.1, 0.15) is 0 Å². The monoisotopic (exact) mass is 325 g/mol. The molecule has 2 aromatic rings. The molecule has 24 heavy (non-hydrogen) atoms. The maximum absolute atomic E-state index is 12.5. The van der Waals surface area contributed by atoms with Crippen molar-refractivity contribution in [3.8, 4) is 0 Å². The van der Waals surface area contributed by atoms with Crippen molar-refractivity contribution in [1.29, 1.82) is 0 Å². The number of fused-ring (bicyclic) bond motifs is 1. The SMILES string of the molecule is O=C(Nc1cccc(NC(=O)C2CC2)c1)c1n[nH]c2c1CNCC2. The van der Waals surface area contributed by atoms with E-state index in [1.54, 1.807) is 18.2 Å². The molecule has 0 radical (unpaired) electrons. The predicted molar refractivity (Wildman–Crippen MR) is 89.7 cm³/mol. The highest BCUT2D eigenvalue weighted by atomic mass is 16.2. The molecule has 0 spiro atoms. The molecule has 2 aliphatic rings. The number of hydrogen-bond donors (Lipinski definition) is 4. The van der Waals surface area contributed by atoms with Gasteiger partial charge in [0.2, 0.25) is 5.91 Å². The van der Waals surface area contributed by atoms with Gasteiger partial charge in [-0.2, -0.15) is 5.10 Å². The van der Waals surface area contributed by atoms with Crippen molar-refractivity contribution >= 4 is 23.2 Å². The van der Waals surface area contributed by atoms with Crippen molar-refractivity contribution in [3.63, 3.8) is 0 Å². The second-order valence-electron chi connectivity index (χ2n) is 6.25. The van der Waals surface area contributed by atoms with Crippen LogP contribution in [0.15, 0.2) is 24.3 Å². The number of nitrogens with zero attached hydrogens (tertiary/aromatic N) is 1. The van der Waals surface area contributed by atoms with Crippen LogP contribution < -0.4 is 16.0 Å². The van der Waals surface area contributed by atoms with Crippen LogP contribution in [0.4, 0.5) is 11.4 Å². The Labute approximate surface area is 139 Å². The van der Waals surface area contributed by atoms with Crippen LogP contribution in [0.3, 0.4) is 0 Å². The number of aromatic nitrogens is 2. The number of aromatic amines is 1. The molecule has 124 valence electrons. The molecule has 0 saturated heterocycles. The summed E-state index contributed by atoms with van der Waals surface area (Å²) in [6.07, 6.45) is 2.76. The van der Waals surface area contributed by atoms with E-state index in [4.69, 9.17) is 0 Å². The topological polar surface area (TPSA) is 98.9 Å². The first-order valence-corrected chi connectivity index (χ1v) is 8.20. The van der Waals surface area contributed by atoms with Gasteiger partial charge in [0.25, 0.3) is 5.91 Å². The molecule has 1 aromatic heterocycles. The predicted octanol–water partition coefficient (Wildman–Crippen LogP) is 1.66. The fourth-order valence-corrected chi connectivity index (χ4v) is 2.87. The molecule has 1 saturated carbocycles. The summed E-state index contributed by atoms with van der Waals surface area (Å²) >= 11 is 0. The van der Waals surface area contributed by atoms with Crippen LogP contribution in [0.2, 0.25) is 0 Å². The third-order valence-electron chi connectivity index (χ3n) is 4.36. The summed E-state index contributed by atoms with van der Waals surface area (Å²) in [7, 11) is 0. The largest absolute Gasteiger partial charge is 0.326 e. The Balaban J connectivity index is 1.47. The van der Waals surface area contributed by atoms with Crippen LogP contribution in [-0.2, 0) is 17.8 Å². The van der Waals surface area contributed by atoms with Crippen molar-refractivity contribution in [2.45, 2.75) is 25.8 Å². The van der Waals surface area contributed by atoms with Gasteiger partial charge in [0.15, 0.2) is 5.69 Å². The first kappa shape index (κ1) is 14.9. The fraction of sp³-hybridized carbons (Fsp3) is 0.353. The van der Waals surface area contributed by atoms with E-state index < -0.39 is 0 Å². The lowest BCUT2D eigenvalue weighted by Gasteiger charge is -2.13. The maximum atomic E-state index is 12.5. The van der Waals surface area contributed by atoms with Gasteiger partial charge >= 0.3 is 0 Å². The molecule has 1 aliphatic heterocycles. The second kappa shape index (κ2) is 6.09. The summed E-state index contributed by atoms with van der Waals surface area (Å²) in [6.45, 7) is 1.53. The van der Waals surface area contributed by atoms with E-state index >= 15 is 0 Å². The van der Waals surface area contributed by atoms with Gasteiger partial charge in [-0.15, -0.1) is 0 Å². The lowest BCUT2D eigenvalue weighted by Crippen LogP contribution is -2.25. The van der Waals surface area contributed by atoms with Gasteiger partial charge in [0, 0.05) is 48.1 Å². The Kier molecular flexibility index (Phi) is 3.78. The van der Waals surface area contributed by atoms with Gasteiger partial charge in [-0.05, 0) is 31.0 Å². The first-order chi connectivity index (χ1) is 11.7. The number of hydrogen-bond acceptors (Lipinski definition) is 4. The summed E-state index contributed by atoms with van der Waals surface area (Å²) in [5, 5.41) is 16.1. The van der Waals surface area contributed by atoms with Crippen LogP contribution in [0.1, 0.15) is 34.6 Å². The third kappa shape index (κ3) is 3.03. The molecule has 1 aliphatic carbocycles. The average Bonchev–Trinajstić information content (AvgIpc) is 3.34. The van der Waals surface area contributed by atoms with E-state index in [-0.39, 0.29) is 17.7 Å². The number of carbonyl (C=O) groups is 2. The van der Waals surface area contributed by atoms with Crippen molar-refractivity contribution in [3.05, 3.63) is 41.2 Å². The van der Waals surface area contributed by atoms with Gasteiger partial charge in [-0.3, -0.25) is 14.7 Å². The first-order valence-electron chi connectivity index (χ1n) is 8.20. The Morgan fingerprint density at radius 2 is 1.96 bits per heavy atom. The Morgan fingerprint density at radius 1 is 1.17 bits per heavy atom. The molecule has 7 nitrogen and oxygen atoms in total. The molecule has 0 unspecified atom stereocenters. The number of H-pyrrole nitrogens is 1. The van der Waals surface area contributed by atoms with Gasteiger partial charge in [-0.25, -0.2) is 0 Å². The van der Waals surface area contributed by atoms with E-state index in [1.807, 2.05) is 6.07 Å². The van der Waals surface area contributed by atoms with Gasteiger partial charge in [0.05, 0.1) is 0 Å². The Bertz CT molecular complexity index is 794. The number of nitrogens with one attached hydrogen (secondary N) is 4. The van der Waals surface area contributed by atoms with E-state index in [1.165, 1.54) is 0 Å². The van der Waals surface area contributed by atoms with Crippen LogP contribution in [0.25, 0.3) is 0 Å². The molecule has 2 heterocycles. The zero-order chi connectivity index (χ0) is 16.5. The number of benzene rings is 1. The van der Waals surface area contributed by atoms with Crippen molar-refractivity contribution in [2.75, 3.05) is 17.2 Å². The highest BCUT2D eigenvalue weighted by Gasteiger charge is 2.29. The van der Waals surface area contributed by atoms with Crippen LogP contribution in [0, 0.1) is 5.92 Å². The van der Waals surface area contributed by atoms with Crippen molar-refractivity contribution in [1.82, 2.24) is 15.5 Å². The van der Waals surface area contributed by atoms with Gasteiger partial charge in [-0.1, -0.05) is 6.07 Å². The zero-order valence-corrected chi connectivity index (χ0v) is 13.2. The Morgan fingerprint density at radius 3 is 2.75 bits per heavy atom.